The van der Waals surface area contributed by atoms with E-state index in [9.17, 15) is 0 Å². The zero-order chi connectivity index (χ0) is 10.6. The Morgan fingerprint density at radius 1 is 1.64 bits per heavy atom. The largest absolute Gasteiger partial charge is 0.379 e. The Kier molecular flexibility index (Phi) is 4.89. The van der Waals surface area contributed by atoms with E-state index in [-0.39, 0.29) is 12.1 Å². The Balaban J connectivity index is 2.72. The highest BCUT2D eigenvalue weighted by molar-refractivity contribution is 7.10. The maximum atomic E-state index is 6.08. The molecule has 2 unspecified atom stereocenters. The van der Waals surface area contributed by atoms with Crippen molar-refractivity contribution in [3.05, 3.63) is 21.3 Å². The van der Waals surface area contributed by atoms with Gasteiger partial charge < -0.3 is 10.5 Å². The lowest BCUT2D eigenvalue weighted by Gasteiger charge is -2.21. The Morgan fingerprint density at radius 3 is 2.79 bits per heavy atom. The van der Waals surface area contributed by atoms with Crippen LogP contribution in [0.2, 0.25) is 5.02 Å². The fourth-order valence-electron chi connectivity index (χ4n) is 1.44. The Labute approximate surface area is 94.0 Å². The van der Waals surface area contributed by atoms with Crippen LogP contribution < -0.4 is 5.73 Å². The molecule has 2 atom stereocenters. The second kappa shape index (κ2) is 5.71. The predicted molar refractivity (Wildman–Crippen MR) is 62.0 cm³/mol. The topological polar surface area (TPSA) is 35.2 Å². The summed E-state index contributed by atoms with van der Waals surface area (Å²) in [5, 5.41) is 2.71. The molecule has 0 saturated carbocycles. The van der Waals surface area contributed by atoms with Gasteiger partial charge in [-0.3, -0.25) is 0 Å². The first kappa shape index (κ1) is 12.0. The molecule has 0 spiro atoms. The van der Waals surface area contributed by atoms with Crippen molar-refractivity contribution in [3.8, 4) is 0 Å². The molecule has 0 aliphatic rings. The smallest absolute Gasteiger partial charge is 0.0772 e. The summed E-state index contributed by atoms with van der Waals surface area (Å²) in [6.07, 6.45) is 2.09. The third-order valence-corrected chi connectivity index (χ3v) is 3.68. The van der Waals surface area contributed by atoms with Gasteiger partial charge in [0, 0.05) is 12.0 Å². The van der Waals surface area contributed by atoms with Crippen LogP contribution in [0.1, 0.15) is 30.7 Å². The number of hydrogen-bond donors (Lipinski definition) is 1. The van der Waals surface area contributed by atoms with Crippen LogP contribution in [0.4, 0.5) is 0 Å². The van der Waals surface area contributed by atoms with Gasteiger partial charge in [-0.1, -0.05) is 24.9 Å². The lowest BCUT2D eigenvalue weighted by molar-refractivity contribution is 0.0735. The molecule has 2 N–H and O–H groups in total. The fourth-order valence-corrected chi connectivity index (χ4v) is 2.68. The zero-order valence-corrected chi connectivity index (χ0v) is 10.1. The van der Waals surface area contributed by atoms with Gasteiger partial charge in [-0.15, -0.1) is 11.3 Å². The fraction of sp³-hybridized carbons (Fsp3) is 0.600. The zero-order valence-electron chi connectivity index (χ0n) is 8.50. The van der Waals surface area contributed by atoms with E-state index < -0.39 is 0 Å². The number of halogens is 1. The molecule has 0 saturated heterocycles. The molecule has 0 aliphatic heterocycles. The molecular weight excluding hydrogens is 218 g/mol. The Bertz CT molecular complexity index is 277. The van der Waals surface area contributed by atoms with Crippen molar-refractivity contribution in [3.63, 3.8) is 0 Å². The quantitative estimate of drug-likeness (QED) is 0.848. The Hall–Kier alpha value is -0.0900. The first-order valence-corrected chi connectivity index (χ1v) is 5.97. The van der Waals surface area contributed by atoms with Crippen molar-refractivity contribution >= 4 is 22.9 Å². The van der Waals surface area contributed by atoms with Crippen LogP contribution in [-0.2, 0) is 4.74 Å². The van der Waals surface area contributed by atoms with Crippen molar-refractivity contribution in [2.45, 2.75) is 31.9 Å². The van der Waals surface area contributed by atoms with Crippen LogP contribution in [0.3, 0.4) is 0 Å². The van der Waals surface area contributed by atoms with E-state index in [2.05, 4.69) is 6.92 Å². The average molecular weight is 234 g/mol. The van der Waals surface area contributed by atoms with Gasteiger partial charge in [0.05, 0.1) is 17.2 Å². The SMILES string of the molecule is CCCC(OC)C(N)c1sccc1Cl. The monoisotopic (exact) mass is 233 g/mol. The van der Waals surface area contributed by atoms with Gasteiger partial charge in [-0.2, -0.15) is 0 Å². The van der Waals surface area contributed by atoms with Crippen molar-refractivity contribution in [2.75, 3.05) is 7.11 Å². The number of thiophene rings is 1. The molecule has 14 heavy (non-hydrogen) atoms. The van der Waals surface area contributed by atoms with Crippen LogP contribution in [0.15, 0.2) is 11.4 Å². The van der Waals surface area contributed by atoms with Gasteiger partial charge in [0.2, 0.25) is 0 Å². The summed E-state index contributed by atoms with van der Waals surface area (Å²) in [5.41, 5.74) is 6.08. The second-order valence-corrected chi connectivity index (χ2v) is 4.58. The molecule has 0 aromatic carbocycles. The second-order valence-electron chi connectivity index (χ2n) is 3.22. The van der Waals surface area contributed by atoms with E-state index in [1.165, 1.54) is 0 Å². The summed E-state index contributed by atoms with van der Waals surface area (Å²) < 4.78 is 5.35. The predicted octanol–water partition coefficient (Wildman–Crippen LogP) is 3.22. The number of rotatable bonds is 5. The molecule has 80 valence electrons. The highest BCUT2D eigenvalue weighted by atomic mass is 35.5. The number of methoxy groups -OCH3 is 1. The van der Waals surface area contributed by atoms with Gasteiger partial charge in [0.25, 0.3) is 0 Å². The van der Waals surface area contributed by atoms with Crippen LogP contribution in [0.25, 0.3) is 0 Å². The lowest BCUT2D eigenvalue weighted by atomic mass is 10.1. The molecule has 4 heteroatoms. The van der Waals surface area contributed by atoms with Crippen molar-refractivity contribution in [2.24, 2.45) is 5.73 Å². The van der Waals surface area contributed by atoms with Crippen LogP contribution >= 0.6 is 22.9 Å². The third-order valence-electron chi connectivity index (χ3n) is 2.22. The molecular formula is C10H16ClNOS. The molecule has 1 rings (SSSR count). The molecule has 0 fully saturated rings. The van der Waals surface area contributed by atoms with Gasteiger partial charge in [0.15, 0.2) is 0 Å². The minimum atomic E-state index is -0.104. The molecule has 1 heterocycles. The summed E-state index contributed by atoms with van der Waals surface area (Å²) in [4.78, 5) is 1.02. The first-order chi connectivity index (χ1) is 6.70. The minimum absolute atomic E-state index is 0.0659. The normalized spacial score (nSPS) is 15.4. The number of hydrogen-bond acceptors (Lipinski definition) is 3. The number of nitrogens with two attached hydrogens (primary N) is 1. The van der Waals surface area contributed by atoms with Crippen molar-refractivity contribution < 1.29 is 4.74 Å². The van der Waals surface area contributed by atoms with Gasteiger partial charge in [-0.05, 0) is 17.9 Å². The van der Waals surface area contributed by atoms with Crippen molar-refractivity contribution in [1.29, 1.82) is 0 Å². The number of ether oxygens (including phenoxy) is 1. The summed E-state index contributed by atoms with van der Waals surface area (Å²) in [6.45, 7) is 2.12. The summed E-state index contributed by atoms with van der Waals surface area (Å²) in [6, 6.07) is 1.77. The maximum absolute atomic E-state index is 6.08. The standard InChI is InChI=1S/C10H16ClNOS/c1-3-4-8(13-2)9(12)10-7(11)5-6-14-10/h5-6,8-9H,3-4,12H2,1-2H3. The molecule has 1 aromatic rings. The maximum Gasteiger partial charge on any atom is 0.0772 e. The molecule has 0 amide bonds. The summed E-state index contributed by atoms with van der Waals surface area (Å²) in [5.74, 6) is 0. The molecule has 0 bridgehead atoms. The first-order valence-electron chi connectivity index (χ1n) is 4.72. The lowest BCUT2D eigenvalue weighted by Crippen LogP contribution is -2.27. The van der Waals surface area contributed by atoms with Gasteiger partial charge >= 0.3 is 0 Å². The minimum Gasteiger partial charge on any atom is -0.379 e. The van der Waals surface area contributed by atoms with Gasteiger partial charge in [0.1, 0.15) is 0 Å². The van der Waals surface area contributed by atoms with Crippen LogP contribution in [-0.4, -0.2) is 13.2 Å². The highest BCUT2D eigenvalue weighted by Gasteiger charge is 2.21. The van der Waals surface area contributed by atoms with E-state index in [0.29, 0.717) is 0 Å². The van der Waals surface area contributed by atoms with Crippen LogP contribution in [0.5, 0.6) is 0 Å². The molecule has 0 radical (unpaired) electrons. The van der Waals surface area contributed by atoms with E-state index in [4.69, 9.17) is 22.1 Å². The Morgan fingerprint density at radius 2 is 2.36 bits per heavy atom. The molecule has 0 aliphatic carbocycles. The van der Waals surface area contributed by atoms with Crippen molar-refractivity contribution in [1.82, 2.24) is 0 Å². The average Bonchev–Trinajstić information content (AvgIpc) is 2.59. The van der Waals surface area contributed by atoms with E-state index in [1.807, 2.05) is 11.4 Å². The third kappa shape index (κ3) is 2.70. The van der Waals surface area contributed by atoms with Crippen LogP contribution in [0, 0.1) is 0 Å². The summed E-state index contributed by atoms with van der Waals surface area (Å²) in [7, 11) is 1.70. The molecule has 1 aromatic heterocycles. The van der Waals surface area contributed by atoms with Gasteiger partial charge in [-0.25, -0.2) is 0 Å². The van der Waals surface area contributed by atoms with E-state index >= 15 is 0 Å². The molecule has 2 nitrogen and oxygen atoms in total. The van der Waals surface area contributed by atoms with E-state index in [0.717, 1.165) is 22.7 Å². The summed E-state index contributed by atoms with van der Waals surface area (Å²) >= 11 is 7.60. The highest BCUT2D eigenvalue weighted by Crippen LogP contribution is 2.31. The van der Waals surface area contributed by atoms with E-state index in [1.54, 1.807) is 18.4 Å².